The van der Waals surface area contributed by atoms with E-state index in [1.807, 2.05) is 0 Å². The predicted molar refractivity (Wildman–Crippen MR) is 74.4 cm³/mol. The molecular weight excluding hydrogens is 287 g/mol. The minimum atomic E-state index is -0.203. The van der Waals surface area contributed by atoms with E-state index in [9.17, 15) is 4.79 Å². The number of aromatic hydroxyl groups is 1. The molecule has 0 spiro atoms. The maximum atomic E-state index is 11.8. The van der Waals surface area contributed by atoms with Gasteiger partial charge in [0.25, 0.3) is 0 Å². The van der Waals surface area contributed by atoms with Gasteiger partial charge < -0.3 is 9.84 Å². The highest BCUT2D eigenvalue weighted by Crippen LogP contribution is 2.27. The average molecular weight is 297 g/mol. The summed E-state index contributed by atoms with van der Waals surface area (Å²) in [6.07, 6.45) is 0. The van der Waals surface area contributed by atoms with Crippen LogP contribution < -0.4 is 4.74 Å². The predicted octanol–water partition coefficient (Wildman–Crippen LogP) is 3.96. The summed E-state index contributed by atoms with van der Waals surface area (Å²) in [7, 11) is 0. The van der Waals surface area contributed by atoms with Crippen molar-refractivity contribution >= 4 is 29.0 Å². The second-order valence-electron chi connectivity index (χ2n) is 3.83. The third-order valence-corrected chi connectivity index (χ3v) is 2.97. The highest BCUT2D eigenvalue weighted by atomic mass is 35.5. The smallest absolute Gasteiger partial charge is 0.200 e. The summed E-state index contributed by atoms with van der Waals surface area (Å²) in [5, 5.41) is 9.99. The van der Waals surface area contributed by atoms with Crippen LogP contribution in [0.4, 0.5) is 0 Å². The van der Waals surface area contributed by atoms with Crippen molar-refractivity contribution < 1.29 is 14.6 Å². The van der Waals surface area contributed by atoms with Crippen molar-refractivity contribution in [3.63, 3.8) is 0 Å². The molecular formula is C14H10Cl2O3. The Hall–Kier alpha value is -1.71. The molecule has 0 aromatic heterocycles. The van der Waals surface area contributed by atoms with Crippen molar-refractivity contribution in [3.05, 3.63) is 58.1 Å². The fraction of sp³-hybridized carbons (Fsp3) is 0.0714. The molecule has 3 nitrogen and oxygen atoms in total. The fourth-order valence-corrected chi connectivity index (χ4v) is 1.93. The fourth-order valence-electron chi connectivity index (χ4n) is 1.47. The average Bonchev–Trinajstić information content (AvgIpc) is 2.38. The number of carbonyl (C=O) groups excluding carboxylic acids is 1. The Morgan fingerprint density at radius 2 is 1.79 bits per heavy atom. The molecule has 0 radical (unpaired) electrons. The minimum absolute atomic E-state index is 0.109. The van der Waals surface area contributed by atoms with Crippen LogP contribution in [-0.2, 0) is 0 Å². The molecule has 0 bridgehead atoms. The van der Waals surface area contributed by atoms with E-state index < -0.39 is 0 Å². The summed E-state index contributed by atoms with van der Waals surface area (Å²) in [4.78, 5) is 11.8. The van der Waals surface area contributed by atoms with E-state index in [0.717, 1.165) is 0 Å². The number of hydrogen-bond acceptors (Lipinski definition) is 3. The second-order valence-corrected chi connectivity index (χ2v) is 4.68. The van der Waals surface area contributed by atoms with Crippen LogP contribution in [0.15, 0.2) is 42.5 Å². The molecule has 19 heavy (non-hydrogen) atoms. The normalized spacial score (nSPS) is 10.2. The number of carbonyl (C=O) groups is 1. The quantitative estimate of drug-likeness (QED) is 0.869. The summed E-state index contributed by atoms with van der Waals surface area (Å²) in [5.41, 5.74) is 0.461. The Morgan fingerprint density at radius 3 is 2.42 bits per heavy atom. The maximum absolute atomic E-state index is 11.8. The van der Waals surface area contributed by atoms with Crippen molar-refractivity contribution in [2.24, 2.45) is 0 Å². The number of phenols is 1. The van der Waals surface area contributed by atoms with E-state index in [2.05, 4.69) is 0 Å². The number of ether oxygens (including phenoxy) is 1. The maximum Gasteiger partial charge on any atom is 0.200 e. The van der Waals surface area contributed by atoms with E-state index in [-0.39, 0.29) is 18.1 Å². The van der Waals surface area contributed by atoms with Gasteiger partial charge in [0.1, 0.15) is 11.5 Å². The first-order valence-corrected chi connectivity index (χ1v) is 6.22. The first-order valence-electron chi connectivity index (χ1n) is 5.46. The van der Waals surface area contributed by atoms with Gasteiger partial charge in [-0.2, -0.15) is 0 Å². The molecule has 98 valence electrons. The largest absolute Gasteiger partial charge is 0.508 e. The Kier molecular flexibility index (Phi) is 4.30. The molecule has 5 heteroatoms. The lowest BCUT2D eigenvalue weighted by atomic mass is 10.1. The Balaban J connectivity index is 2.02. The molecule has 0 aliphatic heterocycles. The highest BCUT2D eigenvalue weighted by molar-refractivity contribution is 6.35. The van der Waals surface area contributed by atoms with Crippen molar-refractivity contribution in [2.75, 3.05) is 6.61 Å². The van der Waals surface area contributed by atoms with Gasteiger partial charge in [0.05, 0.1) is 5.02 Å². The zero-order valence-corrected chi connectivity index (χ0v) is 11.3. The second kappa shape index (κ2) is 5.95. The number of Topliss-reactive ketones (excluding diaryl/α,β-unsaturated/α-hetero) is 1. The summed E-state index contributed by atoms with van der Waals surface area (Å²) in [6, 6.07) is 10.7. The Bertz CT molecular complexity index is 594. The molecule has 0 unspecified atom stereocenters. The number of hydrogen-bond donors (Lipinski definition) is 1. The van der Waals surface area contributed by atoms with Gasteiger partial charge in [0, 0.05) is 10.6 Å². The van der Waals surface area contributed by atoms with E-state index >= 15 is 0 Å². The zero-order chi connectivity index (χ0) is 13.8. The molecule has 0 atom stereocenters. The van der Waals surface area contributed by atoms with Crippen LogP contribution in [0.1, 0.15) is 10.4 Å². The van der Waals surface area contributed by atoms with Crippen LogP contribution in [0.25, 0.3) is 0 Å². The van der Waals surface area contributed by atoms with Crippen LogP contribution in [0.5, 0.6) is 11.5 Å². The molecule has 0 aliphatic rings. The molecule has 2 aromatic carbocycles. The number of rotatable bonds is 4. The van der Waals surface area contributed by atoms with Gasteiger partial charge in [0.2, 0.25) is 0 Å². The highest BCUT2D eigenvalue weighted by Gasteiger charge is 2.09. The van der Waals surface area contributed by atoms with Crippen LogP contribution in [0, 0.1) is 0 Å². The van der Waals surface area contributed by atoms with Crippen molar-refractivity contribution in [1.82, 2.24) is 0 Å². The first-order chi connectivity index (χ1) is 9.06. The van der Waals surface area contributed by atoms with Crippen molar-refractivity contribution in [2.45, 2.75) is 0 Å². The van der Waals surface area contributed by atoms with Crippen LogP contribution in [0.2, 0.25) is 10.0 Å². The molecule has 2 rings (SSSR count). The molecule has 1 N–H and O–H groups in total. The van der Waals surface area contributed by atoms with Crippen LogP contribution in [0.3, 0.4) is 0 Å². The molecule has 0 heterocycles. The SMILES string of the molecule is O=C(COc1ccc(Cl)cc1Cl)c1ccc(O)cc1. The Morgan fingerprint density at radius 1 is 1.11 bits per heavy atom. The van der Waals surface area contributed by atoms with Gasteiger partial charge in [-0.15, -0.1) is 0 Å². The Labute approximate surface area is 120 Å². The third-order valence-electron chi connectivity index (χ3n) is 2.44. The molecule has 0 saturated carbocycles. The van der Waals surface area contributed by atoms with Gasteiger partial charge in [0.15, 0.2) is 12.4 Å². The molecule has 2 aromatic rings. The summed E-state index contributed by atoms with van der Waals surface area (Å²) in [5.74, 6) is 0.308. The molecule has 0 fully saturated rings. The van der Waals surface area contributed by atoms with Crippen LogP contribution in [-0.4, -0.2) is 17.5 Å². The monoisotopic (exact) mass is 296 g/mol. The molecule has 0 saturated heterocycles. The minimum Gasteiger partial charge on any atom is -0.508 e. The molecule has 0 aliphatic carbocycles. The number of phenolic OH excluding ortho intramolecular Hbond substituents is 1. The van der Waals surface area contributed by atoms with Crippen molar-refractivity contribution in [3.8, 4) is 11.5 Å². The third kappa shape index (κ3) is 3.63. The standard InChI is InChI=1S/C14H10Cl2O3/c15-10-3-6-14(12(16)7-10)19-8-13(18)9-1-4-11(17)5-2-9/h1-7,17H,8H2. The topological polar surface area (TPSA) is 46.5 Å². The summed E-state index contributed by atoms with van der Waals surface area (Å²) in [6.45, 7) is -0.133. The summed E-state index contributed by atoms with van der Waals surface area (Å²) < 4.78 is 5.34. The van der Waals surface area contributed by atoms with E-state index in [0.29, 0.717) is 21.4 Å². The van der Waals surface area contributed by atoms with Gasteiger partial charge in [-0.25, -0.2) is 0 Å². The lowest BCUT2D eigenvalue weighted by molar-refractivity contribution is 0.0921. The number of halogens is 2. The lowest BCUT2D eigenvalue weighted by Crippen LogP contribution is -2.11. The molecule has 0 amide bonds. The van der Waals surface area contributed by atoms with Gasteiger partial charge in [-0.05, 0) is 42.5 Å². The van der Waals surface area contributed by atoms with Gasteiger partial charge >= 0.3 is 0 Å². The van der Waals surface area contributed by atoms with Gasteiger partial charge in [-0.3, -0.25) is 4.79 Å². The number of benzene rings is 2. The van der Waals surface area contributed by atoms with Crippen LogP contribution >= 0.6 is 23.2 Å². The number of ketones is 1. The van der Waals surface area contributed by atoms with E-state index in [1.165, 1.54) is 24.3 Å². The van der Waals surface area contributed by atoms with E-state index in [1.54, 1.807) is 18.2 Å². The van der Waals surface area contributed by atoms with Gasteiger partial charge in [-0.1, -0.05) is 23.2 Å². The van der Waals surface area contributed by atoms with E-state index in [4.69, 9.17) is 33.0 Å². The first kappa shape index (κ1) is 13.7. The van der Waals surface area contributed by atoms with Crippen molar-refractivity contribution in [1.29, 1.82) is 0 Å². The zero-order valence-electron chi connectivity index (χ0n) is 9.77. The lowest BCUT2D eigenvalue weighted by Gasteiger charge is -2.07. The summed E-state index contributed by atoms with van der Waals surface area (Å²) >= 11 is 11.7.